The largest absolute Gasteiger partial charge is 0.454 e. The molecule has 0 fully saturated rings. The number of amides is 1. The minimum atomic E-state index is -0.468. The molecule has 1 aliphatic rings. The van der Waals surface area contributed by atoms with Crippen molar-refractivity contribution < 1.29 is 19.0 Å². The third-order valence-corrected chi connectivity index (χ3v) is 3.36. The lowest BCUT2D eigenvalue weighted by Gasteiger charge is -2.26. The van der Waals surface area contributed by atoms with Crippen LogP contribution in [0.5, 0.6) is 11.5 Å². The second kappa shape index (κ2) is 7.55. The van der Waals surface area contributed by atoms with Crippen LogP contribution in [0, 0.1) is 0 Å². The van der Waals surface area contributed by atoms with Crippen molar-refractivity contribution in [1.82, 2.24) is 10.2 Å². The average Bonchev–Trinajstić information content (AvgIpc) is 2.92. The summed E-state index contributed by atoms with van der Waals surface area (Å²) in [6.07, 6.45) is -0.273. The Morgan fingerprint density at radius 1 is 1.30 bits per heavy atom. The second-order valence-corrected chi connectivity index (χ2v) is 6.42. The van der Waals surface area contributed by atoms with Gasteiger partial charge in [-0.3, -0.25) is 0 Å². The number of fused-ring (bicyclic) bond motifs is 1. The summed E-state index contributed by atoms with van der Waals surface area (Å²) < 4.78 is 16.0. The minimum absolute atomic E-state index is 0.273. The summed E-state index contributed by atoms with van der Waals surface area (Å²) in [5, 5.41) is 3.33. The van der Waals surface area contributed by atoms with Gasteiger partial charge >= 0.3 is 6.09 Å². The zero-order chi connectivity index (χ0) is 16.9. The molecule has 0 unspecified atom stereocenters. The molecule has 2 rings (SSSR count). The molecular formula is C17H26N2O4. The van der Waals surface area contributed by atoms with E-state index in [1.807, 2.05) is 45.9 Å². The molecule has 23 heavy (non-hydrogen) atoms. The van der Waals surface area contributed by atoms with Gasteiger partial charge in [0, 0.05) is 26.2 Å². The van der Waals surface area contributed by atoms with Gasteiger partial charge in [0.2, 0.25) is 6.79 Å². The molecule has 1 aliphatic heterocycles. The normalized spacial score (nSPS) is 13.0. The Morgan fingerprint density at radius 2 is 2.04 bits per heavy atom. The maximum Gasteiger partial charge on any atom is 0.410 e. The molecule has 128 valence electrons. The van der Waals surface area contributed by atoms with Gasteiger partial charge in [-0.2, -0.15) is 0 Å². The van der Waals surface area contributed by atoms with Crippen molar-refractivity contribution in [3.05, 3.63) is 23.8 Å². The standard InChI is InChI=1S/C17H26N2O4/c1-5-19(16(20)23-17(2,3)4)9-8-18-11-13-6-7-14-15(10-13)22-12-21-14/h6-7,10,18H,5,8-9,11-12H2,1-4H3. The Morgan fingerprint density at radius 3 is 2.74 bits per heavy atom. The first kappa shape index (κ1) is 17.4. The van der Waals surface area contributed by atoms with Crippen LogP contribution in [0.1, 0.15) is 33.3 Å². The highest BCUT2D eigenvalue weighted by atomic mass is 16.7. The fraction of sp³-hybridized carbons (Fsp3) is 0.588. The first-order chi connectivity index (χ1) is 10.9. The number of carbonyl (C=O) groups is 1. The summed E-state index contributed by atoms with van der Waals surface area (Å²) in [6, 6.07) is 5.89. The van der Waals surface area contributed by atoms with Gasteiger partial charge in [0.1, 0.15) is 5.60 Å². The molecule has 1 heterocycles. The Hall–Kier alpha value is -1.95. The second-order valence-electron chi connectivity index (χ2n) is 6.42. The molecule has 0 radical (unpaired) electrons. The van der Waals surface area contributed by atoms with E-state index in [1.165, 1.54) is 0 Å². The Balaban J connectivity index is 1.74. The highest BCUT2D eigenvalue weighted by molar-refractivity contribution is 5.68. The third-order valence-electron chi connectivity index (χ3n) is 3.36. The monoisotopic (exact) mass is 322 g/mol. The lowest BCUT2D eigenvalue weighted by atomic mass is 10.2. The van der Waals surface area contributed by atoms with Gasteiger partial charge in [-0.15, -0.1) is 0 Å². The van der Waals surface area contributed by atoms with Crippen molar-refractivity contribution in [2.45, 2.75) is 39.8 Å². The molecule has 0 saturated heterocycles. The van der Waals surface area contributed by atoms with E-state index in [2.05, 4.69) is 5.32 Å². The van der Waals surface area contributed by atoms with E-state index < -0.39 is 5.60 Å². The molecule has 0 spiro atoms. The van der Waals surface area contributed by atoms with Gasteiger partial charge in [-0.25, -0.2) is 4.79 Å². The van der Waals surface area contributed by atoms with Crippen LogP contribution in [0.2, 0.25) is 0 Å². The molecule has 1 aromatic carbocycles. The summed E-state index contributed by atoms with van der Waals surface area (Å²) in [7, 11) is 0. The molecule has 1 N–H and O–H groups in total. The molecule has 6 nitrogen and oxygen atoms in total. The van der Waals surface area contributed by atoms with E-state index in [1.54, 1.807) is 4.90 Å². The molecule has 0 aromatic heterocycles. The first-order valence-corrected chi connectivity index (χ1v) is 7.96. The predicted octanol–water partition coefficient (Wildman–Crippen LogP) is 2.76. The van der Waals surface area contributed by atoms with Crippen LogP contribution in [0.3, 0.4) is 0 Å². The van der Waals surface area contributed by atoms with E-state index in [0.29, 0.717) is 26.2 Å². The summed E-state index contributed by atoms with van der Waals surface area (Å²) in [5.74, 6) is 1.57. The summed E-state index contributed by atoms with van der Waals surface area (Å²) in [4.78, 5) is 13.7. The number of likely N-dealkylation sites (N-methyl/N-ethyl adjacent to an activating group) is 1. The SMILES string of the molecule is CCN(CCNCc1ccc2c(c1)OCO2)C(=O)OC(C)(C)C. The van der Waals surface area contributed by atoms with Gasteiger partial charge in [-0.1, -0.05) is 6.07 Å². The van der Waals surface area contributed by atoms with Crippen molar-refractivity contribution in [1.29, 1.82) is 0 Å². The van der Waals surface area contributed by atoms with Crippen molar-refractivity contribution in [3.63, 3.8) is 0 Å². The zero-order valence-electron chi connectivity index (χ0n) is 14.3. The van der Waals surface area contributed by atoms with Crippen LogP contribution in [-0.4, -0.2) is 43.0 Å². The van der Waals surface area contributed by atoms with E-state index in [9.17, 15) is 4.79 Å². The van der Waals surface area contributed by atoms with Crippen LogP contribution in [0.15, 0.2) is 18.2 Å². The van der Waals surface area contributed by atoms with Gasteiger partial charge < -0.3 is 24.4 Å². The number of hydrogen-bond acceptors (Lipinski definition) is 5. The van der Waals surface area contributed by atoms with Crippen molar-refractivity contribution in [2.75, 3.05) is 26.4 Å². The zero-order valence-corrected chi connectivity index (χ0v) is 14.3. The molecule has 1 aromatic rings. The Labute approximate surface area is 137 Å². The third kappa shape index (κ3) is 5.32. The predicted molar refractivity (Wildman–Crippen MR) is 87.8 cm³/mol. The summed E-state index contributed by atoms with van der Waals surface area (Å²) in [5.41, 5.74) is 0.652. The molecule has 0 saturated carbocycles. The molecule has 0 atom stereocenters. The van der Waals surface area contributed by atoms with Crippen LogP contribution in [-0.2, 0) is 11.3 Å². The summed E-state index contributed by atoms with van der Waals surface area (Å²) in [6.45, 7) is 10.5. The highest BCUT2D eigenvalue weighted by Gasteiger charge is 2.20. The van der Waals surface area contributed by atoms with Gasteiger partial charge in [0.25, 0.3) is 0 Å². The number of nitrogens with one attached hydrogen (secondary N) is 1. The maximum atomic E-state index is 12.0. The van der Waals surface area contributed by atoms with E-state index in [0.717, 1.165) is 17.1 Å². The average molecular weight is 322 g/mol. The van der Waals surface area contributed by atoms with E-state index in [-0.39, 0.29) is 12.9 Å². The van der Waals surface area contributed by atoms with Crippen molar-refractivity contribution in [2.24, 2.45) is 0 Å². The lowest BCUT2D eigenvalue weighted by molar-refractivity contribution is 0.0262. The number of benzene rings is 1. The quantitative estimate of drug-likeness (QED) is 0.816. The van der Waals surface area contributed by atoms with Gasteiger partial charge in [-0.05, 0) is 45.4 Å². The topological polar surface area (TPSA) is 60.0 Å². The van der Waals surface area contributed by atoms with E-state index >= 15 is 0 Å². The first-order valence-electron chi connectivity index (χ1n) is 7.96. The van der Waals surface area contributed by atoms with Crippen LogP contribution in [0.4, 0.5) is 4.79 Å². The van der Waals surface area contributed by atoms with Gasteiger partial charge in [0.05, 0.1) is 0 Å². The number of hydrogen-bond donors (Lipinski definition) is 1. The molecular weight excluding hydrogens is 296 g/mol. The number of ether oxygens (including phenoxy) is 3. The fourth-order valence-electron chi connectivity index (χ4n) is 2.20. The van der Waals surface area contributed by atoms with E-state index in [4.69, 9.17) is 14.2 Å². The molecule has 0 aliphatic carbocycles. The van der Waals surface area contributed by atoms with Crippen molar-refractivity contribution >= 4 is 6.09 Å². The smallest absolute Gasteiger partial charge is 0.410 e. The number of carbonyl (C=O) groups excluding carboxylic acids is 1. The molecule has 6 heteroatoms. The van der Waals surface area contributed by atoms with Crippen LogP contribution >= 0.6 is 0 Å². The number of nitrogens with zero attached hydrogens (tertiary/aromatic N) is 1. The Bertz CT molecular complexity index is 540. The maximum absolute atomic E-state index is 12.0. The molecule has 1 amide bonds. The van der Waals surface area contributed by atoms with Crippen LogP contribution < -0.4 is 14.8 Å². The highest BCUT2D eigenvalue weighted by Crippen LogP contribution is 2.32. The van der Waals surface area contributed by atoms with Crippen molar-refractivity contribution in [3.8, 4) is 11.5 Å². The summed E-state index contributed by atoms with van der Waals surface area (Å²) >= 11 is 0. The minimum Gasteiger partial charge on any atom is -0.454 e. The van der Waals surface area contributed by atoms with Crippen LogP contribution in [0.25, 0.3) is 0 Å². The molecule has 0 bridgehead atoms. The Kier molecular flexibility index (Phi) is 5.71. The lowest BCUT2D eigenvalue weighted by Crippen LogP contribution is -2.40. The fourth-order valence-corrected chi connectivity index (χ4v) is 2.20. The van der Waals surface area contributed by atoms with Gasteiger partial charge in [0.15, 0.2) is 11.5 Å². The number of rotatable bonds is 6.